The van der Waals surface area contributed by atoms with Crippen molar-refractivity contribution in [2.45, 2.75) is 31.7 Å². The highest BCUT2D eigenvalue weighted by molar-refractivity contribution is 8.13. The summed E-state index contributed by atoms with van der Waals surface area (Å²) in [6.45, 7) is 1.01. The number of nitrogens with zero attached hydrogens (tertiary/aromatic N) is 1. The van der Waals surface area contributed by atoms with Gasteiger partial charge in [0.1, 0.15) is 6.61 Å². The van der Waals surface area contributed by atoms with Crippen molar-refractivity contribution in [2.75, 3.05) is 25.5 Å². The van der Waals surface area contributed by atoms with E-state index in [2.05, 4.69) is 10.3 Å². The molecule has 6 heteroatoms. The highest BCUT2D eigenvalue weighted by atomic mass is 32.2. The molecule has 2 fully saturated rings. The van der Waals surface area contributed by atoms with Gasteiger partial charge >= 0.3 is 0 Å². The molecule has 2 rings (SSSR count). The van der Waals surface area contributed by atoms with Crippen molar-refractivity contribution in [2.24, 2.45) is 16.6 Å². The van der Waals surface area contributed by atoms with E-state index in [1.807, 2.05) is 0 Å². The van der Waals surface area contributed by atoms with Crippen molar-refractivity contribution in [1.82, 2.24) is 5.32 Å². The molecule has 0 aromatic carbocycles. The van der Waals surface area contributed by atoms with Crippen LogP contribution in [-0.2, 0) is 9.53 Å². The third kappa shape index (κ3) is 4.17. The van der Waals surface area contributed by atoms with E-state index < -0.39 is 5.91 Å². The van der Waals surface area contributed by atoms with Crippen molar-refractivity contribution in [3.05, 3.63) is 0 Å². The maximum absolute atomic E-state index is 10.5. The number of nitrogens with one attached hydrogen (secondary N) is 1. The lowest BCUT2D eigenvalue weighted by molar-refractivity contribution is -0.122. The van der Waals surface area contributed by atoms with Crippen molar-refractivity contribution in [3.8, 4) is 0 Å². The van der Waals surface area contributed by atoms with Gasteiger partial charge in [0.25, 0.3) is 0 Å². The predicted octanol–water partition coefficient (Wildman–Crippen LogP) is 0.739. The number of aliphatic imine (C=N–C) groups is 1. The van der Waals surface area contributed by atoms with Crippen LogP contribution in [0.3, 0.4) is 0 Å². The summed E-state index contributed by atoms with van der Waals surface area (Å²) < 4.78 is 5.07. The summed E-state index contributed by atoms with van der Waals surface area (Å²) in [5.74, 6) is 1.56. The fourth-order valence-electron chi connectivity index (χ4n) is 2.46. The monoisotopic (exact) mass is 271 g/mol. The van der Waals surface area contributed by atoms with Crippen LogP contribution < -0.4 is 11.1 Å². The van der Waals surface area contributed by atoms with Crippen LogP contribution in [0.1, 0.15) is 25.7 Å². The third-order valence-electron chi connectivity index (χ3n) is 3.39. The van der Waals surface area contributed by atoms with E-state index in [4.69, 9.17) is 10.5 Å². The molecule has 0 radical (unpaired) electrons. The molecule has 3 N–H and O–H groups in total. The maximum atomic E-state index is 10.5. The lowest BCUT2D eigenvalue weighted by Crippen LogP contribution is -2.46. The number of hydrogen-bond acceptors (Lipinski definition) is 4. The Labute approximate surface area is 112 Å². The molecule has 2 aliphatic rings. The van der Waals surface area contributed by atoms with Gasteiger partial charge in [-0.25, -0.2) is 0 Å². The Morgan fingerprint density at radius 2 is 2.33 bits per heavy atom. The SMILES string of the molecule is NC(=O)COCCN=C1NC2CCCCC2CS1. The van der Waals surface area contributed by atoms with Crippen LogP contribution in [0.2, 0.25) is 0 Å². The van der Waals surface area contributed by atoms with Crippen molar-refractivity contribution < 1.29 is 9.53 Å². The van der Waals surface area contributed by atoms with Crippen LogP contribution in [0.4, 0.5) is 0 Å². The van der Waals surface area contributed by atoms with Gasteiger partial charge in [0.2, 0.25) is 5.91 Å². The van der Waals surface area contributed by atoms with Gasteiger partial charge in [-0.1, -0.05) is 24.6 Å². The lowest BCUT2D eigenvalue weighted by Gasteiger charge is -2.36. The summed E-state index contributed by atoms with van der Waals surface area (Å²) in [5.41, 5.74) is 4.97. The summed E-state index contributed by atoms with van der Waals surface area (Å²) in [7, 11) is 0. The molecule has 102 valence electrons. The maximum Gasteiger partial charge on any atom is 0.243 e. The molecule has 1 aliphatic heterocycles. The van der Waals surface area contributed by atoms with Crippen LogP contribution in [0.25, 0.3) is 0 Å². The Morgan fingerprint density at radius 3 is 3.17 bits per heavy atom. The molecule has 1 aliphatic carbocycles. The van der Waals surface area contributed by atoms with Crippen LogP contribution in [0.15, 0.2) is 4.99 Å². The first-order chi connectivity index (χ1) is 8.75. The van der Waals surface area contributed by atoms with Gasteiger partial charge in [-0.15, -0.1) is 0 Å². The fraction of sp³-hybridized carbons (Fsp3) is 0.833. The first-order valence-electron chi connectivity index (χ1n) is 6.55. The molecule has 0 bridgehead atoms. The number of primary amides is 1. The van der Waals surface area contributed by atoms with E-state index in [1.165, 1.54) is 31.4 Å². The van der Waals surface area contributed by atoms with E-state index in [9.17, 15) is 4.79 Å². The van der Waals surface area contributed by atoms with Crippen molar-refractivity contribution >= 4 is 22.8 Å². The summed E-state index contributed by atoms with van der Waals surface area (Å²) in [5, 5.41) is 4.55. The average Bonchev–Trinajstić information content (AvgIpc) is 2.38. The molecule has 5 nitrogen and oxygen atoms in total. The molecule has 2 atom stereocenters. The number of hydrogen-bond donors (Lipinski definition) is 2. The van der Waals surface area contributed by atoms with Crippen LogP contribution in [0, 0.1) is 5.92 Å². The topological polar surface area (TPSA) is 76.7 Å². The van der Waals surface area contributed by atoms with E-state index in [0.717, 1.165) is 11.1 Å². The second kappa shape index (κ2) is 6.99. The molecular formula is C12H21N3O2S. The van der Waals surface area contributed by atoms with Gasteiger partial charge in [-0.2, -0.15) is 0 Å². The molecule has 0 aromatic rings. The zero-order valence-corrected chi connectivity index (χ0v) is 11.4. The highest BCUT2D eigenvalue weighted by Gasteiger charge is 2.29. The number of carbonyl (C=O) groups is 1. The summed E-state index contributed by atoms with van der Waals surface area (Å²) in [4.78, 5) is 14.9. The fourth-order valence-corrected chi connectivity index (χ4v) is 3.65. The number of thioether (sulfide) groups is 1. The highest BCUT2D eigenvalue weighted by Crippen LogP contribution is 2.31. The smallest absolute Gasteiger partial charge is 0.243 e. The first kappa shape index (κ1) is 13.7. The van der Waals surface area contributed by atoms with E-state index in [1.54, 1.807) is 11.8 Å². The third-order valence-corrected chi connectivity index (χ3v) is 4.50. The normalized spacial score (nSPS) is 29.7. The molecule has 1 heterocycles. The molecule has 0 spiro atoms. The summed E-state index contributed by atoms with van der Waals surface area (Å²) in [6, 6.07) is 0.616. The van der Waals surface area contributed by atoms with Crippen molar-refractivity contribution in [3.63, 3.8) is 0 Å². The van der Waals surface area contributed by atoms with Crippen molar-refractivity contribution in [1.29, 1.82) is 0 Å². The summed E-state index contributed by atoms with van der Waals surface area (Å²) in [6.07, 6.45) is 5.31. The largest absolute Gasteiger partial charge is 0.370 e. The van der Waals surface area contributed by atoms with Crippen LogP contribution >= 0.6 is 11.8 Å². The Morgan fingerprint density at radius 1 is 1.50 bits per heavy atom. The first-order valence-corrected chi connectivity index (χ1v) is 7.54. The second-order valence-electron chi connectivity index (χ2n) is 4.81. The minimum Gasteiger partial charge on any atom is -0.370 e. The van der Waals surface area contributed by atoms with Crippen LogP contribution in [0.5, 0.6) is 0 Å². The van der Waals surface area contributed by atoms with E-state index in [-0.39, 0.29) is 6.61 Å². The Balaban J connectivity index is 1.68. The van der Waals surface area contributed by atoms with Gasteiger partial charge < -0.3 is 15.8 Å². The quantitative estimate of drug-likeness (QED) is 0.723. The molecular weight excluding hydrogens is 250 g/mol. The Bertz CT molecular complexity index is 322. The lowest BCUT2D eigenvalue weighted by atomic mass is 9.86. The van der Waals surface area contributed by atoms with E-state index >= 15 is 0 Å². The zero-order chi connectivity index (χ0) is 12.8. The number of rotatable bonds is 5. The standard InChI is InChI=1S/C12H21N3O2S/c13-11(16)7-17-6-5-14-12-15-10-4-2-1-3-9(10)8-18-12/h9-10H,1-8H2,(H2,13,16)(H,14,15). The van der Waals surface area contributed by atoms with Gasteiger partial charge in [-0.05, 0) is 18.8 Å². The Hall–Kier alpha value is -0.750. The average molecular weight is 271 g/mol. The van der Waals surface area contributed by atoms with Gasteiger partial charge in [0.05, 0.1) is 13.2 Å². The number of amidine groups is 1. The molecule has 1 saturated carbocycles. The second-order valence-corrected chi connectivity index (χ2v) is 5.82. The van der Waals surface area contributed by atoms with Crippen LogP contribution in [-0.4, -0.2) is 42.6 Å². The van der Waals surface area contributed by atoms with E-state index in [0.29, 0.717) is 19.2 Å². The predicted molar refractivity (Wildman–Crippen MR) is 73.7 cm³/mol. The number of carbonyl (C=O) groups excluding carboxylic acids is 1. The molecule has 2 unspecified atom stereocenters. The number of amides is 1. The van der Waals surface area contributed by atoms with Gasteiger partial charge in [-0.3, -0.25) is 9.79 Å². The number of ether oxygens (including phenoxy) is 1. The minimum atomic E-state index is -0.433. The molecule has 18 heavy (non-hydrogen) atoms. The molecule has 1 amide bonds. The minimum absolute atomic E-state index is 0.0177. The summed E-state index contributed by atoms with van der Waals surface area (Å²) >= 11 is 1.80. The Kier molecular flexibility index (Phi) is 5.31. The van der Waals surface area contributed by atoms with Gasteiger partial charge in [0.15, 0.2) is 5.17 Å². The number of fused-ring (bicyclic) bond motifs is 1. The molecule has 1 saturated heterocycles. The van der Waals surface area contributed by atoms with Gasteiger partial charge in [0, 0.05) is 11.8 Å². The number of nitrogens with two attached hydrogens (primary N) is 1. The zero-order valence-electron chi connectivity index (χ0n) is 10.6. The molecule has 0 aromatic heterocycles.